The van der Waals surface area contributed by atoms with Crippen LogP contribution in [0.1, 0.15) is 11.1 Å². The lowest BCUT2D eigenvalue weighted by Crippen LogP contribution is -2.20. The highest BCUT2D eigenvalue weighted by atomic mass is 19.4. The molecule has 0 radical (unpaired) electrons. The number of methoxy groups -OCH3 is 1. The van der Waals surface area contributed by atoms with E-state index in [-0.39, 0.29) is 33.8 Å². The molecule has 0 aliphatic rings. The van der Waals surface area contributed by atoms with Crippen LogP contribution in [0.15, 0.2) is 101 Å². The lowest BCUT2D eigenvalue weighted by molar-refractivity contribution is -0.137. The van der Waals surface area contributed by atoms with Gasteiger partial charge in [-0.25, -0.2) is 9.37 Å². The molecule has 0 saturated carbocycles. The Morgan fingerprint density at radius 1 is 0.897 bits per heavy atom. The normalized spacial score (nSPS) is 11.7. The smallest absolute Gasteiger partial charge is 0.416 e. The molecule has 0 unspecified atom stereocenters. The topological polar surface area (TPSA) is 65.7 Å². The first-order valence-corrected chi connectivity index (χ1v) is 11.6. The van der Waals surface area contributed by atoms with Gasteiger partial charge in [-0.3, -0.25) is 4.79 Å². The van der Waals surface area contributed by atoms with Crippen LogP contribution in [-0.4, -0.2) is 23.0 Å². The quantitative estimate of drug-likeness (QED) is 0.176. The van der Waals surface area contributed by atoms with E-state index in [1.54, 1.807) is 48.5 Å². The van der Waals surface area contributed by atoms with Crippen molar-refractivity contribution in [3.05, 3.63) is 118 Å². The molecule has 1 heterocycles. The molecule has 5 aromatic rings. The molecule has 0 bridgehead atoms. The van der Waals surface area contributed by atoms with Gasteiger partial charge in [-0.2, -0.15) is 22.9 Å². The van der Waals surface area contributed by atoms with Crippen LogP contribution in [0.5, 0.6) is 17.2 Å². The van der Waals surface area contributed by atoms with Gasteiger partial charge in [0.05, 0.1) is 29.8 Å². The third-order valence-corrected chi connectivity index (χ3v) is 5.77. The maximum atomic E-state index is 14.7. The number of ether oxygens (including phenoxy) is 2. The molecule has 10 heteroatoms. The molecule has 0 atom stereocenters. The van der Waals surface area contributed by atoms with E-state index in [9.17, 15) is 22.4 Å². The Hall–Kier alpha value is -4.99. The molecule has 0 N–H and O–H groups in total. The van der Waals surface area contributed by atoms with Crippen molar-refractivity contribution in [2.24, 2.45) is 5.10 Å². The first kappa shape index (κ1) is 25.7. The maximum absolute atomic E-state index is 14.7. The highest BCUT2D eigenvalue weighted by molar-refractivity contribution is 5.85. The minimum atomic E-state index is -4.60. The fourth-order valence-electron chi connectivity index (χ4n) is 3.89. The third kappa shape index (κ3) is 5.35. The molecule has 6 nitrogen and oxygen atoms in total. The van der Waals surface area contributed by atoms with Crippen LogP contribution in [0.25, 0.3) is 22.3 Å². The summed E-state index contributed by atoms with van der Waals surface area (Å²) in [6.07, 6.45) is -3.37. The Kier molecular flexibility index (Phi) is 6.84. The Labute approximate surface area is 219 Å². The van der Waals surface area contributed by atoms with E-state index in [0.29, 0.717) is 11.3 Å². The largest absolute Gasteiger partial charge is 0.496 e. The summed E-state index contributed by atoms with van der Waals surface area (Å²) >= 11 is 0. The number of aromatic nitrogens is 2. The number of fused-ring (bicyclic) bond motifs is 1. The predicted molar refractivity (Wildman–Crippen MR) is 139 cm³/mol. The lowest BCUT2D eigenvalue weighted by atomic mass is 10.1. The average Bonchev–Trinajstić information content (AvgIpc) is 2.94. The molecule has 0 fully saturated rings. The Balaban J connectivity index is 1.65. The molecule has 5 rings (SSSR count). The average molecular weight is 533 g/mol. The maximum Gasteiger partial charge on any atom is 0.416 e. The summed E-state index contributed by atoms with van der Waals surface area (Å²) in [5.41, 5.74) is -0.935. The van der Waals surface area contributed by atoms with Crippen LogP contribution >= 0.6 is 0 Å². The number of benzene rings is 4. The van der Waals surface area contributed by atoms with E-state index in [1.807, 2.05) is 0 Å². The van der Waals surface area contributed by atoms with Crippen molar-refractivity contribution in [2.75, 3.05) is 7.11 Å². The van der Waals surface area contributed by atoms with Gasteiger partial charge in [-0.05, 0) is 42.5 Å². The number of hydrogen-bond donors (Lipinski definition) is 0. The van der Waals surface area contributed by atoms with Gasteiger partial charge in [-0.1, -0.05) is 42.5 Å². The van der Waals surface area contributed by atoms with Gasteiger partial charge in [0, 0.05) is 17.2 Å². The monoisotopic (exact) mass is 533 g/mol. The van der Waals surface area contributed by atoms with Crippen LogP contribution in [0, 0.1) is 5.82 Å². The van der Waals surface area contributed by atoms with E-state index in [2.05, 4.69) is 10.1 Å². The predicted octanol–water partition coefficient (Wildman–Crippen LogP) is 6.90. The molecule has 4 aromatic carbocycles. The summed E-state index contributed by atoms with van der Waals surface area (Å²) in [6, 6.07) is 21.9. The first-order chi connectivity index (χ1) is 18.7. The summed E-state index contributed by atoms with van der Waals surface area (Å²) in [5, 5.41) is 4.47. The highest BCUT2D eigenvalue weighted by Crippen LogP contribution is 2.33. The Morgan fingerprint density at radius 2 is 1.64 bits per heavy atom. The van der Waals surface area contributed by atoms with E-state index in [1.165, 1.54) is 37.6 Å². The molecule has 196 valence electrons. The second-order valence-corrected chi connectivity index (χ2v) is 8.33. The van der Waals surface area contributed by atoms with Gasteiger partial charge in [0.2, 0.25) is 0 Å². The molecule has 0 spiro atoms. The van der Waals surface area contributed by atoms with Crippen LogP contribution < -0.4 is 15.0 Å². The van der Waals surface area contributed by atoms with Crippen molar-refractivity contribution < 1.29 is 27.0 Å². The highest BCUT2D eigenvalue weighted by Gasteiger charge is 2.31. The molecule has 0 aliphatic heterocycles. The van der Waals surface area contributed by atoms with Crippen molar-refractivity contribution in [2.45, 2.75) is 6.18 Å². The van der Waals surface area contributed by atoms with Gasteiger partial charge in [-0.15, -0.1) is 0 Å². The third-order valence-electron chi connectivity index (χ3n) is 5.77. The minimum Gasteiger partial charge on any atom is -0.496 e. The molecule has 1 aromatic heterocycles. The van der Waals surface area contributed by atoms with Gasteiger partial charge in [0.1, 0.15) is 11.5 Å². The zero-order chi connectivity index (χ0) is 27.6. The molecular formula is C29H19F4N3O3. The van der Waals surface area contributed by atoms with Crippen molar-refractivity contribution in [3.63, 3.8) is 0 Å². The number of alkyl halides is 3. The molecular weight excluding hydrogens is 514 g/mol. The fourth-order valence-corrected chi connectivity index (χ4v) is 3.89. The first-order valence-electron chi connectivity index (χ1n) is 11.6. The number of para-hydroxylation sites is 2. The SMILES string of the molecule is COc1cc(F)c(Oc2ccccc2)cc1C=Nn1c(-c2cccc(C(F)(F)F)c2)nc2ccccc2c1=O. The van der Waals surface area contributed by atoms with Gasteiger partial charge in [0.25, 0.3) is 5.56 Å². The molecule has 39 heavy (non-hydrogen) atoms. The van der Waals surface area contributed by atoms with Crippen molar-refractivity contribution >= 4 is 17.1 Å². The lowest BCUT2D eigenvalue weighted by Gasteiger charge is -2.13. The van der Waals surface area contributed by atoms with Gasteiger partial charge < -0.3 is 9.47 Å². The van der Waals surface area contributed by atoms with Gasteiger partial charge in [0.15, 0.2) is 17.4 Å². The van der Waals surface area contributed by atoms with Crippen LogP contribution in [0.2, 0.25) is 0 Å². The zero-order valence-corrected chi connectivity index (χ0v) is 20.3. The second kappa shape index (κ2) is 10.4. The summed E-state index contributed by atoms with van der Waals surface area (Å²) < 4.78 is 66.8. The van der Waals surface area contributed by atoms with E-state index in [4.69, 9.17) is 9.47 Å². The zero-order valence-electron chi connectivity index (χ0n) is 20.3. The Morgan fingerprint density at radius 3 is 2.38 bits per heavy atom. The summed E-state index contributed by atoms with van der Waals surface area (Å²) in [7, 11) is 1.33. The van der Waals surface area contributed by atoms with Crippen LogP contribution in [0.3, 0.4) is 0 Å². The van der Waals surface area contributed by atoms with E-state index < -0.39 is 23.1 Å². The van der Waals surface area contributed by atoms with Crippen LogP contribution in [-0.2, 0) is 6.18 Å². The molecule has 0 aliphatic carbocycles. The summed E-state index contributed by atoms with van der Waals surface area (Å²) in [5.74, 6) is -0.430. The van der Waals surface area contributed by atoms with Gasteiger partial charge >= 0.3 is 6.18 Å². The number of nitrogens with zero attached hydrogens (tertiary/aromatic N) is 3. The number of halogens is 4. The summed E-state index contributed by atoms with van der Waals surface area (Å²) in [4.78, 5) is 17.9. The molecule has 0 amide bonds. The fraction of sp³-hybridized carbons (Fsp3) is 0.0690. The number of hydrogen-bond acceptors (Lipinski definition) is 5. The van der Waals surface area contributed by atoms with E-state index in [0.717, 1.165) is 22.9 Å². The minimum absolute atomic E-state index is 0.0315. The van der Waals surface area contributed by atoms with Crippen molar-refractivity contribution in [1.29, 1.82) is 0 Å². The standard InChI is InChI=1S/C29H19F4N3O3/c1-38-25-16-23(30)26(39-21-10-3-2-4-11-21)15-19(25)17-34-36-27(18-8-7-9-20(14-18)29(31,32)33)35-24-13-6-5-12-22(24)28(36)37/h2-17H,1H3. The second-order valence-electron chi connectivity index (χ2n) is 8.33. The molecule has 0 saturated heterocycles. The van der Waals surface area contributed by atoms with Crippen LogP contribution in [0.4, 0.5) is 17.6 Å². The van der Waals surface area contributed by atoms with E-state index >= 15 is 0 Å². The Bertz CT molecular complexity index is 1750. The van der Waals surface area contributed by atoms with Crippen molar-refractivity contribution in [1.82, 2.24) is 9.66 Å². The number of rotatable bonds is 6. The summed E-state index contributed by atoms with van der Waals surface area (Å²) in [6.45, 7) is 0. The van der Waals surface area contributed by atoms with Crippen molar-refractivity contribution in [3.8, 4) is 28.6 Å².